The number of halogens is 1. The maximum absolute atomic E-state index is 6.23. The zero-order chi connectivity index (χ0) is 13.4. The van der Waals surface area contributed by atoms with Crippen LogP contribution in [0.3, 0.4) is 0 Å². The molecule has 1 aromatic carbocycles. The summed E-state index contributed by atoms with van der Waals surface area (Å²) in [4.78, 5) is 0. The second-order valence-electron chi connectivity index (χ2n) is 5.27. The molecule has 0 fully saturated rings. The van der Waals surface area contributed by atoms with Crippen molar-refractivity contribution in [2.75, 3.05) is 6.61 Å². The van der Waals surface area contributed by atoms with E-state index in [0.29, 0.717) is 5.92 Å². The lowest BCUT2D eigenvalue weighted by Gasteiger charge is -2.10. The Kier molecular flexibility index (Phi) is 7.19. The minimum absolute atomic E-state index is 0.655. The highest BCUT2D eigenvalue weighted by molar-refractivity contribution is 6.32. The molecule has 1 aromatic rings. The summed E-state index contributed by atoms with van der Waals surface area (Å²) >= 11 is 6.23. The molecule has 0 heterocycles. The zero-order valence-electron chi connectivity index (χ0n) is 11.8. The van der Waals surface area contributed by atoms with Gasteiger partial charge in [-0.1, -0.05) is 57.7 Å². The Morgan fingerprint density at radius 1 is 1.17 bits per heavy atom. The summed E-state index contributed by atoms with van der Waals surface area (Å²) in [6.07, 6.45) is 5.95. The van der Waals surface area contributed by atoms with E-state index in [2.05, 4.69) is 26.8 Å². The van der Waals surface area contributed by atoms with Crippen LogP contribution in [0.5, 0.6) is 5.75 Å². The third-order valence-electron chi connectivity index (χ3n) is 2.90. The first-order valence-electron chi connectivity index (χ1n) is 7.04. The van der Waals surface area contributed by atoms with Crippen LogP contribution < -0.4 is 4.74 Å². The molecular formula is C16H25ClO. The molecule has 0 aromatic heterocycles. The molecule has 0 aliphatic heterocycles. The number of ether oxygens (including phenoxy) is 1. The van der Waals surface area contributed by atoms with Gasteiger partial charge in [-0.25, -0.2) is 0 Å². The Morgan fingerprint density at radius 3 is 2.56 bits per heavy atom. The fraction of sp³-hybridized carbons (Fsp3) is 0.625. The molecule has 0 N–H and O–H groups in total. The Hall–Kier alpha value is -0.690. The van der Waals surface area contributed by atoms with Crippen molar-refractivity contribution in [3.05, 3.63) is 28.8 Å². The van der Waals surface area contributed by atoms with Crippen molar-refractivity contribution < 1.29 is 4.74 Å². The first-order valence-corrected chi connectivity index (χ1v) is 7.42. The third kappa shape index (κ3) is 5.77. The van der Waals surface area contributed by atoms with Crippen molar-refractivity contribution in [1.82, 2.24) is 0 Å². The Morgan fingerprint density at radius 2 is 1.94 bits per heavy atom. The summed E-state index contributed by atoms with van der Waals surface area (Å²) < 4.78 is 5.71. The lowest BCUT2D eigenvalue weighted by atomic mass is 10.0. The number of hydrogen-bond donors (Lipinski definition) is 0. The molecule has 2 heteroatoms. The van der Waals surface area contributed by atoms with Crippen LogP contribution in [0.2, 0.25) is 5.02 Å². The molecule has 18 heavy (non-hydrogen) atoms. The average Bonchev–Trinajstić information content (AvgIpc) is 2.30. The highest BCUT2D eigenvalue weighted by atomic mass is 35.5. The summed E-state index contributed by atoms with van der Waals surface area (Å²) in [6.45, 7) is 7.41. The topological polar surface area (TPSA) is 9.23 Å². The summed E-state index contributed by atoms with van der Waals surface area (Å²) in [5, 5.41) is 0.739. The van der Waals surface area contributed by atoms with Crippen molar-refractivity contribution in [2.24, 2.45) is 5.92 Å². The molecule has 0 amide bonds. The molecule has 0 aliphatic rings. The van der Waals surface area contributed by atoms with Gasteiger partial charge in [0.05, 0.1) is 11.6 Å². The van der Waals surface area contributed by atoms with Crippen LogP contribution in [0.25, 0.3) is 0 Å². The maximum Gasteiger partial charge on any atom is 0.137 e. The van der Waals surface area contributed by atoms with E-state index in [4.69, 9.17) is 16.3 Å². The van der Waals surface area contributed by atoms with Gasteiger partial charge in [-0.3, -0.25) is 0 Å². The molecule has 0 unspecified atom stereocenters. The van der Waals surface area contributed by atoms with Gasteiger partial charge in [-0.05, 0) is 36.5 Å². The van der Waals surface area contributed by atoms with E-state index in [1.807, 2.05) is 12.1 Å². The molecule has 0 bridgehead atoms. The van der Waals surface area contributed by atoms with E-state index in [1.54, 1.807) is 0 Å². The van der Waals surface area contributed by atoms with Crippen LogP contribution >= 0.6 is 11.6 Å². The second-order valence-corrected chi connectivity index (χ2v) is 5.68. The molecule has 0 atom stereocenters. The van der Waals surface area contributed by atoms with Gasteiger partial charge in [0.2, 0.25) is 0 Å². The van der Waals surface area contributed by atoms with Crippen LogP contribution in [0, 0.1) is 5.92 Å². The zero-order valence-corrected chi connectivity index (χ0v) is 12.6. The average molecular weight is 269 g/mol. The molecule has 1 nitrogen and oxygen atoms in total. The van der Waals surface area contributed by atoms with Crippen LogP contribution in [-0.4, -0.2) is 6.61 Å². The van der Waals surface area contributed by atoms with Gasteiger partial charge >= 0.3 is 0 Å². The minimum atomic E-state index is 0.655. The number of rotatable bonds is 8. The van der Waals surface area contributed by atoms with Gasteiger partial charge in [0.1, 0.15) is 5.75 Å². The quantitative estimate of drug-likeness (QED) is 0.566. The van der Waals surface area contributed by atoms with Crippen molar-refractivity contribution in [2.45, 2.75) is 52.9 Å². The largest absolute Gasteiger partial charge is 0.492 e. The van der Waals surface area contributed by atoms with E-state index >= 15 is 0 Å². The van der Waals surface area contributed by atoms with Crippen LogP contribution in [0.15, 0.2) is 18.2 Å². The summed E-state index contributed by atoms with van der Waals surface area (Å²) in [5.74, 6) is 1.47. The van der Waals surface area contributed by atoms with Crippen molar-refractivity contribution in [3.8, 4) is 5.75 Å². The lowest BCUT2D eigenvalue weighted by Crippen LogP contribution is -1.99. The van der Waals surface area contributed by atoms with Crippen LogP contribution in [0.4, 0.5) is 0 Å². The van der Waals surface area contributed by atoms with Gasteiger partial charge in [0, 0.05) is 0 Å². The monoisotopic (exact) mass is 268 g/mol. The highest BCUT2D eigenvalue weighted by Gasteiger charge is 2.04. The van der Waals surface area contributed by atoms with Crippen LogP contribution in [0.1, 0.15) is 52.0 Å². The van der Waals surface area contributed by atoms with E-state index in [1.165, 1.54) is 24.8 Å². The summed E-state index contributed by atoms with van der Waals surface area (Å²) in [7, 11) is 0. The fourth-order valence-corrected chi connectivity index (χ4v) is 2.23. The number of benzene rings is 1. The van der Waals surface area contributed by atoms with Crippen molar-refractivity contribution in [3.63, 3.8) is 0 Å². The lowest BCUT2D eigenvalue weighted by molar-refractivity contribution is 0.305. The number of hydrogen-bond acceptors (Lipinski definition) is 1. The van der Waals surface area contributed by atoms with E-state index in [9.17, 15) is 0 Å². The van der Waals surface area contributed by atoms with Gasteiger partial charge in [-0.15, -0.1) is 0 Å². The van der Waals surface area contributed by atoms with Gasteiger partial charge in [-0.2, -0.15) is 0 Å². The SMILES string of the molecule is CCCCCCOc1ccc(CC(C)C)cc1Cl. The molecule has 1 rings (SSSR count). The molecule has 0 saturated heterocycles. The Balaban J connectivity index is 2.42. The second kappa shape index (κ2) is 8.42. The highest BCUT2D eigenvalue weighted by Crippen LogP contribution is 2.26. The molecular weight excluding hydrogens is 244 g/mol. The molecule has 0 radical (unpaired) electrons. The Bertz CT molecular complexity index is 347. The third-order valence-corrected chi connectivity index (χ3v) is 3.19. The fourth-order valence-electron chi connectivity index (χ4n) is 1.97. The predicted molar refractivity (Wildman–Crippen MR) is 79.6 cm³/mol. The van der Waals surface area contributed by atoms with Gasteiger partial charge in [0.15, 0.2) is 0 Å². The van der Waals surface area contributed by atoms with Crippen LogP contribution in [-0.2, 0) is 6.42 Å². The standard InChI is InChI=1S/C16H25ClO/c1-4-5-6-7-10-18-16-9-8-14(11-13(2)3)12-15(16)17/h8-9,12-13H,4-7,10-11H2,1-3H3. The molecule has 0 aliphatic carbocycles. The van der Waals surface area contributed by atoms with E-state index in [-0.39, 0.29) is 0 Å². The van der Waals surface area contributed by atoms with Gasteiger partial charge < -0.3 is 4.74 Å². The normalized spacial score (nSPS) is 10.9. The Labute approximate surface area is 116 Å². The summed E-state index contributed by atoms with van der Waals surface area (Å²) in [5.41, 5.74) is 1.29. The van der Waals surface area contributed by atoms with E-state index in [0.717, 1.165) is 30.2 Å². The molecule has 0 saturated carbocycles. The predicted octanol–water partition coefficient (Wildman–Crippen LogP) is 5.50. The van der Waals surface area contributed by atoms with Crippen molar-refractivity contribution >= 4 is 11.6 Å². The maximum atomic E-state index is 6.23. The van der Waals surface area contributed by atoms with Crippen molar-refractivity contribution in [1.29, 1.82) is 0 Å². The van der Waals surface area contributed by atoms with E-state index < -0.39 is 0 Å². The minimum Gasteiger partial charge on any atom is -0.492 e. The smallest absolute Gasteiger partial charge is 0.137 e. The molecule has 0 spiro atoms. The first-order chi connectivity index (χ1) is 8.63. The summed E-state index contributed by atoms with van der Waals surface area (Å²) in [6, 6.07) is 6.15. The first kappa shape index (κ1) is 15.4. The molecule has 102 valence electrons. The van der Waals surface area contributed by atoms with Gasteiger partial charge in [0.25, 0.3) is 0 Å². The number of unbranched alkanes of at least 4 members (excludes halogenated alkanes) is 3.